The summed E-state index contributed by atoms with van der Waals surface area (Å²) in [7, 11) is 0. The highest BCUT2D eigenvalue weighted by Gasteiger charge is 2.47. The van der Waals surface area contributed by atoms with E-state index in [1.807, 2.05) is 17.0 Å². The molecule has 0 bridgehead atoms. The van der Waals surface area contributed by atoms with Crippen molar-refractivity contribution in [2.75, 3.05) is 13.1 Å². The summed E-state index contributed by atoms with van der Waals surface area (Å²) in [5.41, 5.74) is 2.19. The van der Waals surface area contributed by atoms with Gasteiger partial charge in [-0.25, -0.2) is 0 Å². The molecule has 2 aromatic carbocycles. The number of carbonyl (C=O) groups excluding carboxylic acids is 2. The molecule has 0 saturated carbocycles. The summed E-state index contributed by atoms with van der Waals surface area (Å²) in [6.45, 7) is 8.31. The number of fused-ring (bicyclic) bond motifs is 1. The number of rotatable bonds is 9. The van der Waals surface area contributed by atoms with E-state index in [2.05, 4.69) is 55.3 Å². The van der Waals surface area contributed by atoms with Crippen LogP contribution in [0.25, 0.3) is 0 Å². The summed E-state index contributed by atoms with van der Waals surface area (Å²) < 4.78 is 0. The standard InChI is InChI=1S/C29H37Cl2N3O2/c1-19(2)13-26(28(35)32-16-22-10-12-24(30)25(31)15-22)34-18-23(11-9-21-7-5-4-6-8-21)33-17-20(3)14-27(33)29(34)36/h4-8,10,12,15,19-20,23,26-27H,9,11,13-14,16-18H2,1-3H3,(H,32,35)/t20-,23?,26-,27+/m1/s1. The van der Waals surface area contributed by atoms with Crippen LogP contribution in [0.2, 0.25) is 10.0 Å². The number of hydrogen-bond donors (Lipinski definition) is 1. The zero-order valence-electron chi connectivity index (χ0n) is 21.4. The molecule has 2 fully saturated rings. The third-order valence-corrected chi connectivity index (χ3v) is 8.17. The van der Waals surface area contributed by atoms with Gasteiger partial charge in [0.15, 0.2) is 0 Å². The summed E-state index contributed by atoms with van der Waals surface area (Å²) in [4.78, 5) is 31.5. The molecular weight excluding hydrogens is 493 g/mol. The third-order valence-electron chi connectivity index (χ3n) is 7.43. The molecule has 2 aliphatic rings. The van der Waals surface area contributed by atoms with Crippen LogP contribution in [0.1, 0.15) is 51.2 Å². The summed E-state index contributed by atoms with van der Waals surface area (Å²) in [5.74, 6) is 0.752. The second-order valence-corrected chi connectivity index (χ2v) is 11.6. The van der Waals surface area contributed by atoms with Crippen molar-refractivity contribution in [1.29, 1.82) is 0 Å². The molecule has 2 aliphatic heterocycles. The topological polar surface area (TPSA) is 52.7 Å². The molecule has 0 spiro atoms. The molecule has 2 amide bonds. The van der Waals surface area contributed by atoms with Crippen molar-refractivity contribution < 1.29 is 9.59 Å². The van der Waals surface area contributed by atoms with Crippen molar-refractivity contribution in [3.8, 4) is 0 Å². The van der Waals surface area contributed by atoms with E-state index in [0.717, 1.165) is 31.4 Å². The molecule has 5 nitrogen and oxygen atoms in total. The number of halogens is 2. The monoisotopic (exact) mass is 529 g/mol. The van der Waals surface area contributed by atoms with Crippen LogP contribution in [0.15, 0.2) is 48.5 Å². The van der Waals surface area contributed by atoms with Gasteiger partial charge < -0.3 is 10.2 Å². The summed E-state index contributed by atoms with van der Waals surface area (Å²) in [6.07, 6.45) is 3.42. The van der Waals surface area contributed by atoms with E-state index in [1.54, 1.807) is 12.1 Å². The number of amides is 2. The maximum Gasteiger partial charge on any atom is 0.243 e. The first kappa shape index (κ1) is 27.0. The molecule has 36 heavy (non-hydrogen) atoms. The molecule has 4 rings (SSSR count). The Hall–Kier alpha value is -2.08. The van der Waals surface area contributed by atoms with Crippen LogP contribution in [0.5, 0.6) is 0 Å². The van der Waals surface area contributed by atoms with E-state index in [1.165, 1.54) is 5.56 Å². The Balaban J connectivity index is 1.51. The zero-order chi connectivity index (χ0) is 25.8. The van der Waals surface area contributed by atoms with Gasteiger partial charge >= 0.3 is 0 Å². The molecule has 0 aromatic heterocycles. The SMILES string of the molecule is CC(C)C[C@H](C(=O)NCc1ccc(Cl)c(Cl)c1)N1CC(CCc2ccccc2)N2C[C@H](C)C[C@H]2C1=O. The first-order valence-electron chi connectivity index (χ1n) is 13.0. The predicted octanol–water partition coefficient (Wildman–Crippen LogP) is 5.58. The van der Waals surface area contributed by atoms with Gasteiger partial charge in [-0.1, -0.05) is 80.4 Å². The molecule has 0 radical (unpaired) electrons. The van der Waals surface area contributed by atoms with Crippen molar-refractivity contribution in [1.82, 2.24) is 15.1 Å². The molecular formula is C29H37Cl2N3O2. The Labute approximate surface area is 225 Å². The van der Waals surface area contributed by atoms with Gasteiger partial charge in [-0.15, -0.1) is 0 Å². The smallest absolute Gasteiger partial charge is 0.243 e. The van der Waals surface area contributed by atoms with Crippen LogP contribution in [-0.2, 0) is 22.6 Å². The van der Waals surface area contributed by atoms with Gasteiger partial charge in [0.2, 0.25) is 11.8 Å². The lowest BCUT2D eigenvalue weighted by atomic mass is 9.94. The Morgan fingerprint density at radius 3 is 2.50 bits per heavy atom. The summed E-state index contributed by atoms with van der Waals surface area (Å²) in [5, 5.41) is 4.01. The van der Waals surface area contributed by atoms with Crippen molar-refractivity contribution in [2.24, 2.45) is 11.8 Å². The van der Waals surface area contributed by atoms with Gasteiger partial charge in [0.1, 0.15) is 6.04 Å². The molecule has 2 aromatic rings. The van der Waals surface area contributed by atoms with E-state index < -0.39 is 6.04 Å². The molecule has 194 valence electrons. The first-order chi connectivity index (χ1) is 17.2. The van der Waals surface area contributed by atoms with Crippen LogP contribution in [0, 0.1) is 11.8 Å². The highest BCUT2D eigenvalue weighted by atomic mass is 35.5. The van der Waals surface area contributed by atoms with E-state index in [9.17, 15) is 9.59 Å². The fraction of sp³-hybridized carbons (Fsp3) is 0.517. The van der Waals surface area contributed by atoms with Gasteiger partial charge in [-0.05, 0) is 60.8 Å². The second-order valence-electron chi connectivity index (χ2n) is 10.8. The van der Waals surface area contributed by atoms with Crippen molar-refractivity contribution in [2.45, 2.75) is 71.1 Å². The number of nitrogens with one attached hydrogen (secondary N) is 1. The highest BCUT2D eigenvalue weighted by Crippen LogP contribution is 2.34. The van der Waals surface area contributed by atoms with Gasteiger partial charge in [0.05, 0.1) is 16.1 Å². The number of nitrogens with zero attached hydrogens (tertiary/aromatic N) is 2. The van der Waals surface area contributed by atoms with Gasteiger partial charge in [0, 0.05) is 25.7 Å². The average molecular weight is 531 g/mol. The van der Waals surface area contributed by atoms with Crippen LogP contribution in [-0.4, -0.2) is 52.8 Å². The van der Waals surface area contributed by atoms with E-state index in [4.69, 9.17) is 23.2 Å². The Bertz CT molecular complexity index is 1060. The van der Waals surface area contributed by atoms with E-state index >= 15 is 0 Å². The van der Waals surface area contributed by atoms with Gasteiger partial charge in [0.25, 0.3) is 0 Å². The maximum absolute atomic E-state index is 13.7. The summed E-state index contributed by atoms with van der Waals surface area (Å²) >= 11 is 12.2. The first-order valence-corrected chi connectivity index (χ1v) is 13.8. The highest BCUT2D eigenvalue weighted by molar-refractivity contribution is 6.42. The van der Waals surface area contributed by atoms with Crippen molar-refractivity contribution in [3.05, 3.63) is 69.7 Å². The molecule has 1 unspecified atom stereocenters. The molecule has 4 atom stereocenters. The Morgan fingerprint density at radius 2 is 1.81 bits per heavy atom. The number of benzene rings is 2. The minimum absolute atomic E-state index is 0.102. The molecule has 2 heterocycles. The molecule has 0 aliphatic carbocycles. The van der Waals surface area contributed by atoms with Gasteiger partial charge in [-0.2, -0.15) is 0 Å². The molecule has 2 saturated heterocycles. The minimum Gasteiger partial charge on any atom is -0.350 e. The zero-order valence-corrected chi connectivity index (χ0v) is 22.9. The number of carbonyl (C=O) groups is 2. The van der Waals surface area contributed by atoms with Crippen LogP contribution < -0.4 is 5.32 Å². The second kappa shape index (κ2) is 12.0. The molecule has 1 N–H and O–H groups in total. The minimum atomic E-state index is -0.488. The predicted molar refractivity (Wildman–Crippen MR) is 146 cm³/mol. The van der Waals surface area contributed by atoms with Gasteiger partial charge in [-0.3, -0.25) is 14.5 Å². The lowest BCUT2D eigenvalue weighted by Crippen LogP contribution is -2.64. The lowest BCUT2D eigenvalue weighted by Gasteiger charge is -2.46. The quantitative estimate of drug-likeness (QED) is 0.461. The number of piperazine rings is 1. The summed E-state index contributed by atoms with van der Waals surface area (Å²) in [6, 6.07) is 15.5. The van der Waals surface area contributed by atoms with Crippen molar-refractivity contribution >= 4 is 35.0 Å². The average Bonchev–Trinajstić information content (AvgIpc) is 3.25. The maximum atomic E-state index is 13.7. The fourth-order valence-corrected chi connectivity index (χ4v) is 5.95. The Morgan fingerprint density at radius 1 is 1.06 bits per heavy atom. The van der Waals surface area contributed by atoms with E-state index in [0.29, 0.717) is 35.5 Å². The fourth-order valence-electron chi connectivity index (χ4n) is 5.63. The van der Waals surface area contributed by atoms with E-state index in [-0.39, 0.29) is 29.8 Å². The van der Waals surface area contributed by atoms with Crippen molar-refractivity contribution in [3.63, 3.8) is 0 Å². The molecule has 7 heteroatoms. The van der Waals surface area contributed by atoms with Crippen LogP contribution in [0.4, 0.5) is 0 Å². The normalized spacial score (nSPS) is 23.1. The third kappa shape index (κ3) is 6.42. The van der Waals surface area contributed by atoms with Crippen LogP contribution in [0.3, 0.4) is 0 Å². The largest absolute Gasteiger partial charge is 0.350 e. The Kier molecular flexibility index (Phi) is 8.97. The number of hydrogen-bond acceptors (Lipinski definition) is 3. The lowest BCUT2D eigenvalue weighted by molar-refractivity contribution is -0.151. The van der Waals surface area contributed by atoms with Crippen LogP contribution >= 0.6 is 23.2 Å². The number of aryl methyl sites for hydroxylation is 1.